The molecule has 80 heavy (non-hydrogen) atoms. The number of aliphatic imine (C=N–C) groups is 2. The van der Waals surface area contributed by atoms with Gasteiger partial charge < -0.3 is 19.3 Å². The molecule has 12 rings (SSSR count). The van der Waals surface area contributed by atoms with Crippen LogP contribution < -0.4 is 0 Å². The van der Waals surface area contributed by atoms with Crippen molar-refractivity contribution in [1.82, 2.24) is 14.8 Å². The van der Waals surface area contributed by atoms with Crippen LogP contribution in [0.4, 0.5) is 4.39 Å². The van der Waals surface area contributed by atoms with Gasteiger partial charge in [-0.3, -0.25) is 9.59 Å². The zero-order chi connectivity index (χ0) is 56.3. The van der Waals surface area contributed by atoms with Crippen LogP contribution in [-0.4, -0.2) is 91.4 Å². The van der Waals surface area contributed by atoms with E-state index in [1.54, 1.807) is 88.8 Å². The number of rotatable bonds is 12. The van der Waals surface area contributed by atoms with Crippen LogP contribution in [0.2, 0.25) is 0 Å². The van der Waals surface area contributed by atoms with E-state index >= 15 is 0 Å². The number of amides is 2. The predicted octanol–water partition coefficient (Wildman–Crippen LogP) is 11.0. The summed E-state index contributed by atoms with van der Waals surface area (Å²) in [6.45, 7) is 6.65. The average Bonchev–Trinajstić information content (AvgIpc) is 4.31. The van der Waals surface area contributed by atoms with E-state index in [2.05, 4.69) is 9.98 Å². The summed E-state index contributed by atoms with van der Waals surface area (Å²) in [4.78, 5) is 45.8. The molecule has 0 fully saturated rings. The summed E-state index contributed by atoms with van der Waals surface area (Å²) in [6.07, 6.45) is 0.772. The Morgan fingerprint density at radius 1 is 0.600 bits per heavy atom. The lowest BCUT2D eigenvalue weighted by atomic mass is 9.84. The molecular formula is C63H60FN5O8S3. The van der Waals surface area contributed by atoms with Crippen LogP contribution >= 0.6 is 11.3 Å². The summed E-state index contributed by atoms with van der Waals surface area (Å²) in [5.41, 5.74) is 5.00. The molecule has 5 heterocycles. The Hall–Kier alpha value is -8.12. The van der Waals surface area contributed by atoms with Crippen molar-refractivity contribution < 1.29 is 40.3 Å². The van der Waals surface area contributed by atoms with Crippen molar-refractivity contribution in [2.45, 2.75) is 73.9 Å². The van der Waals surface area contributed by atoms with Crippen molar-refractivity contribution in [3.63, 3.8) is 0 Å². The molecule has 2 amide bonds. The molecule has 0 unspecified atom stereocenters. The largest absolute Gasteiger partial charge is 0.466 e. The first-order valence-corrected chi connectivity index (χ1v) is 30.5. The monoisotopic (exact) mass is 1130 g/mol. The van der Waals surface area contributed by atoms with E-state index in [1.165, 1.54) is 23.5 Å². The molecule has 0 saturated heterocycles. The number of hydrogen-bond acceptors (Lipinski definition) is 12. The smallest absolute Gasteiger partial charge is 0.255 e. The Morgan fingerprint density at radius 3 is 1.64 bits per heavy atom. The normalized spacial score (nSPS) is 18.9. The third-order valence-electron chi connectivity index (χ3n) is 13.8. The SMILES string of the molecule is CC.Cc1ccc(F)cc1.O=C1N(CCS(=O)(=O)c2ccccc2)Cc2ccccc2[C@@H]2OC(c3ccccc3)=N[C@]12Cc1nccs1.O=C1[C@H]2N=C(c3ccccc3)O[C@H]2c2ccccc2CN1CCS(=O)(=O)c1ccccc1. The molecule has 0 N–H and O–H groups in total. The van der Waals surface area contributed by atoms with Crippen molar-refractivity contribution in [2.24, 2.45) is 9.98 Å². The molecule has 4 aliphatic heterocycles. The molecule has 13 nitrogen and oxygen atoms in total. The number of carbonyl (C=O) groups is 2. The maximum atomic E-state index is 14.5. The van der Waals surface area contributed by atoms with E-state index in [9.17, 15) is 30.8 Å². The van der Waals surface area contributed by atoms with E-state index in [1.807, 2.05) is 135 Å². The predicted molar refractivity (Wildman–Crippen MR) is 309 cm³/mol. The number of aromatic nitrogens is 1. The lowest BCUT2D eigenvalue weighted by Gasteiger charge is -2.31. The fourth-order valence-electron chi connectivity index (χ4n) is 9.77. The summed E-state index contributed by atoms with van der Waals surface area (Å²) in [5, 5.41) is 2.64. The third kappa shape index (κ3) is 12.8. The lowest BCUT2D eigenvalue weighted by Crippen LogP contribution is -2.50. The van der Waals surface area contributed by atoms with Gasteiger partial charge in [0, 0.05) is 66.4 Å². The molecule has 0 bridgehead atoms. The number of benzene rings is 7. The summed E-state index contributed by atoms with van der Waals surface area (Å²) < 4.78 is 76.6. The van der Waals surface area contributed by atoms with E-state index in [-0.39, 0.29) is 65.0 Å². The molecule has 0 spiro atoms. The summed E-state index contributed by atoms with van der Waals surface area (Å²) >= 11 is 1.46. The molecule has 0 aliphatic carbocycles. The van der Waals surface area contributed by atoms with Crippen molar-refractivity contribution in [3.05, 3.63) is 255 Å². The highest BCUT2D eigenvalue weighted by Crippen LogP contribution is 2.47. The first-order valence-electron chi connectivity index (χ1n) is 26.3. The van der Waals surface area contributed by atoms with Gasteiger partial charge in [0.25, 0.3) is 11.8 Å². The van der Waals surface area contributed by atoms with E-state index < -0.39 is 43.5 Å². The number of nitrogens with zero attached hydrogens (tertiary/aromatic N) is 5. The average molecular weight is 1130 g/mol. The highest BCUT2D eigenvalue weighted by Gasteiger charge is 2.57. The van der Waals surface area contributed by atoms with Crippen LogP contribution in [0.5, 0.6) is 0 Å². The standard InChI is InChI=1S/C29H25N3O4S2.C25H22N2O4S.C7H7F.C2H6/c33-28-29(19-25-30-15-17-37-25)26(36-27(31-29)21-9-3-1-4-10-21)24-14-8-7-11-22(24)20-32(28)16-18-38(34,35)23-12-5-2-6-13-23;28-25-22-23(31-24(26-22)18-9-3-1-4-10-18)21-14-8-7-11-19(21)17-27(25)15-16-32(29,30)20-12-5-2-6-13-20;1-6-2-4-7(8)5-3-6;1-2/h1-15,17,26H,16,18-20H2;1-14,22-23H,15-17H2;2-5H,1H3;1-2H3/t26-,29-;22-,23-;;/m00../s1. The minimum atomic E-state index is -3.59. The van der Waals surface area contributed by atoms with Crippen LogP contribution in [0.3, 0.4) is 0 Å². The van der Waals surface area contributed by atoms with Gasteiger partial charge in [-0.25, -0.2) is 36.2 Å². The number of carbonyl (C=O) groups excluding carboxylic acids is 2. The Balaban J connectivity index is 0.000000167. The van der Waals surface area contributed by atoms with Gasteiger partial charge in [-0.05, 0) is 78.7 Å². The number of sulfone groups is 2. The van der Waals surface area contributed by atoms with Gasteiger partial charge >= 0.3 is 0 Å². The number of hydrogen-bond donors (Lipinski definition) is 0. The minimum Gasteiger partial charge on any atom is -0.466 e. The van der Waals surface area contributed by atoms with Gasteiger partial charge in [-0.1, -0.05) is 153 Å². The second kappa shape index (κ2) is 25.3. The van der Waals surface area contributed by atoms with Gasteiger partial charge in [0.1, 0.15) is 5.82 Å². The van der Waals surface area contributed by atoms with E-state index in [0.29, 0.717) is 18.3 Å². The zero-order valence-electron chi connectivity index (χ0n) is 44.4. The molecule has 1 aromatic heterocycles. The number of ether oxygens (including phenoxy) is 2. The number of fused-ring (bicyclic) bond motifs is 6. The Bertz CT molecular complexity index is 3670. The summed E-state index contributed by atoms with van der Waals surface area (Å²) in [5.74, 6) is -0.173. The van der Waals surface area contributed by atoms with Crippen LogP contribution in [-0.2, 0) is 58.2 Å². The van der Waals surface area contributed by atoms with Crippen LogP contribution in [0.15, 0.2) is 225 Å². The van der Waals surface area contributed by atoms with Crippen molar-refractivity contribution in [3.8, 4) is 0 Å². The molecule has 410 valence electrons. The first kappa shape index (κ1) is 56.6. The van der Waals surface area contributed by atoms with Crippen molar-refractivity contribution in [1.29, 1.82) is 0 Å². The molecule has 0 saturated carbocycles. The van der Waals surface area contributed by atoms with Crippen LogP contribution in [0, 0.1) is 12.7 Å². The second-order valence-electron chi connectivity index (χ2n) is 19.0. The molecule has 0 radical (unpaired) electrons. The number of aryl methyl sites for hydroxylation is 1. The van der Waals surface area contributed by atoms with Crippen LogP contribution in [0.1, 0.15) is 70.0 Å². The van der Waals surface area contributed by atoms with Gasteiger partial charge in [0.2, 0.25) is 11.8 Å². The Morgan fingerprint density at radius 2 is 1.09 bits per heavy atom. The quantitative estimate of drug-likeness (QED) is 0.116. The lowest BCUT2D eigenvalue weighted by molar-refractivity contribution is -0.139. The Labute approximate surface area is 471 Å². The number of halogens is 1. The third-order valence-corrected chi connectivity index (χ3v) is 18.0. The van der Waals surface area contributed by atoms with Gasteiger partial charge in [-0.2, -0.15) is 0 Å². The van der Waals surface area contributed by atoms with Crippen LogP contribution in [0.25, 0.3) is 0 Å². The second-order valence-corrected chi connectivity index (χ2v) is 24.2. The van der Waals surface area contributed by atoms with Gasteiger partial charge in [0.15, 0.2) is 43.5 Å². The van der Waals surface area contributed by atoms with Gasteiger partial charge in [-0.15, -0.1) is 11.3 Å². The molecule has 4 atom stereocenters. The molecule has 17 heteroatoms. The van der Waals surface area contributed by atoms with Gasteiger partial charge in [0.05, 0.1) is 26.3 Å². The highest BCUT2D eigenvalue weighted by molar-refractivity contribution is 7.91. The van der Waals surface area contributed by atoms with E-state index in [0.717, 1.165) is 44.0 Å². The fourth-order valence-corrected chi connectivity index (χ4v) is 13.0. The van der Waals surface area contributed by atoms with Crippen molar-refractivity contribution in [2.75, 3.05) is 24.6 Å². The van der Waals surface area contributed by atoms with Crippen molar-refractivity contribution >= 4 is 54.6 Å². The molecule has 8 aromatic rings. The first-order chi connectivity index (χ1) is 38.8. The van der Waals surface area contributed by atoms with E-state index in [4.69, 9.17) is 14.5 Å². The maximum absolute atomic E-state index is 14.5. The minimum absolute atomic E-state index is 0.0346. The number of thiazole rings is 1. The zero-order valence-corrected chi connectivity index (χ0v) is 46.9. The Kier molecular flexibility index (Phi) is 17.9. The fraction of sp³-hybridized carbons (Fsp3) is 0.222. The summed E-state index contributed by atoms with van der Waals surface area (Å²) in [6, 6.07) is 56.8. The topological polar surface area (TPSA) is 165 Å². The molecular weight excluding hydrogens is 1070 g/mol. The molecule has 7 aromatic carbocycles. The maximum Gasteiger partial charge on any atom is 0.255 e. The highest BCUT2D eigenvalue weighted by atomic mass is 32.2. The summed E-state index contributed by atoms with van der Waals surface area (Å²) in [7, 11) is -7.10. The molecule has 4 aliphatic rings.